The van der Waals surface area contributed by atoms with Crippen LogP contribution in [0.25, 0.3) is 0 Å². The largest absolute Gasteiger partial charge is 0.394 e. The molecular weight excluding hydrogens is 150 g/mol. The van der Waals surface area contributed by atoms with E-state index in [1.807, 2.05) is 0 Å². The Balaban J connectivity index is 2.52. The summed E-state index contributed by atoms with van der Waals surface area (Å²) in [7, 11) is 0. The van der Waals surface area contributed by atoms with Crippen LogP contribution in [0.4, 0.5) is 0 Å². The standard InChI is InChI=1S/C6H13NO4/c7-3-2-11-4(1-8)6(10)5(3)9/h3-6,8-10H,1-2,7H2/t3?,4?,5-,6+/m1/s1. The molecule has 0 aliphatic carbocycles. The van der Waals surface area contributed by atoms with Gasteiger partial charge in [-0.05, 0) is 0 Å². The molecule has 1 heterocycles. The van der Waals surface area contributed by atoms with E-state index in [-0.39, 0.29) is 13.2 Å². The topological polar surface area (TPSA) is 95.9 Å². The van der Waals surface area contributed by atoms with E-state index in [0.29, 0.717) is 0 Å². The number of ether oxygens (including phenoxy) is 1. The lowest BCUT2D eigenvalue weighted by Gasteiger charge is -2.34. The minimum absolute atomic E-state index is 0.170. The van der Waals surface area contributed by atoms with Crippen LogP contribution >= 0.6 is 0 Å². The van der Waals surface area contributed by atoms with Crippen molar-refractivity contribution in [1.29, 1.82) is 0 Å². The summed E-state index contributed by atoms with van der Waals surface area (Å²) in [4.78, 5) is 0. The molecule has 1 rings (SSSR count). The Morgan fingerprint density at radius 2 is 2.00 bits per heavy atom. The third-order valence-corrected chi connectivity index (χ3v) is 1.85. The fraction of sp³-hybridized carbons (Fsp3) is 1.00. The smallest absolute Gasteiger partial charge is 0.110 e. The molecule has 0 saturated carbocycles. The minimum Gasteiger partial charge on any atom is -0.394 e. The summed E-state index contributed by atoms with van der Waals surface area (Å²) >= 11 is 0. The van der Waals surface area contributed by atoms with E-state index in [9.17, 15) is 10.2 Å². The van der Waals surface area contributed by atoms with Crippen LogP contribution in [0, 0.1) is 0 Å². The van der Waals surface area contributed by atoms with E-state index in [0.717, 1.165) is 0 Å². The monoisotopic (exact) mass is 163 g/mol. The molecule has 4 atom stereocenters. The molecule has 66 valence electrons. The summed E-state index contributed by atoms with van der Waals surface area (Å²) in [5.74, 6) is 0. The number of hydrogen-bond acceptors (Lipinski definition) is 5. The van der Waals surface area contributed by atoms with Gasteiger partial charge in [-0.15, -0.1) is 0 Å². The third-order valence-electron chi connectivity index (χ3n) is 1.85. The molecule has 0 bridgehead atoms. The summed E-state index contributed by atoms with van der Waals surface area (Å²) in [5, 5.41) is 27.0. The van der Waals surface area contributed by atoms with Crippen molar-refractivity contribution in [2.45, 2.75) is 24.4 Å². The van der Waals surface area contributed by atoms with Gasteiger partial charge in [0.1, 0.15) is 12.2 Å². The Morgan fingerprint density at radius 3 is 2.55 bits per heavy atom. The Labute approximate surface area is 64.4 Å². The van der Waals surface area contributed by atoms with Crippen molar-refractivity contribution in [1.82, 2.24) is 0 Å². The van der Waals surface area contributed by atoms with Crippen LogP contribution in [0.15, 0.2) is 0 Å². The summed E-state index contributed by atoms with van der Waals surface area (Å²) in [5.41, 5.74) is 5.37. The third kappa shape index (κ3) is 1.69. The molecule has 1 fully saturated rings. The second-order valence-electron chi connectivity index (χ2n) is 2.70. The van der Waals surface area contributed by atoms with Crippen molar-refractivity contribution in [3.05, 3.63) is 0 Å². The number of hydrogen-bond donors (Lipinski definition) is 4. The first-order chi connectivity index (χ1) is 5.16. The van der Waals surface area contributed by atoms with Crippen molar-refractivity contribution >= 4 is 0 Å². The number of aliphatic hydroxyl groups excluding tert-OH is 3. The Morgan fingerprint density at radius 1 is 1.36 bits per heavy atom. The average molecular weight is 163 g/mol. The van der Waals surface area contributed by atoms with Crippen molar-refractivity contribution in [3.8, 4) is 0 Å². The fourth-order valence-corrected chi connectivity index (χ4v) is 1.07. The van der Waals surface area contributed by atoms with Gasteiger partial charge in [0.2, 0.25) is 0 Å². The van der Waals surface area contributed by atoms with Gasteiger partial charge in [-0.1, -0.05) is 0 Å². The van der Waals surface area contributed by atoms with Gasteiger partial charge in [0.25, 0.3) is 0 Å². The molecule has 5 N–H and O–H groups in total. The maximum absolute atomic E-state index is 9.19. The van der Waals surface area contributed by atoms with E-state index in [1.165, 1.54) is 0 Å². The molecule has 5 heteroatoms. The highest BCUT2D eigenvalue weighted by atomic mass is 16.5. The summed E-state index contributed by atoms with van der Waals surface area (Å²) in [6.45, 7) is -0.131. The van der Waals surface area contributed by atoms with Crippen molar-refractivity contribution in [2.75, 3.05) is 13.2 Å². The van der Waals surface area contributed by atoms with Gasteiger partial charge in [-0.3, -0.25) is 0 Å². The van der Waals surface area contributed by atoms with Crippen molar-refractivity contribution in [2.24, 2.45) is 5.73 Å². The summed E-state index contributed by atoms with van der Waals surface area (Å²) in [6.07, 6.45) is -2.78. The van der Waals surface area contributed by atoms with Gasteiger partial charge < -0.3 is 25.8 Å². The molecule has 0 amide bonds. The van der Waals surface area contributed by atoms with Gasteiger partial charge in [0, 0.05) is 0 Å². The van der Waals surface area contributed by atoms with E-state index >= 15 is 0 Å². The van der Waals surface area contributed by atoms with E-state index in [4.69, 9.17) is 15.6 Å². The van der Waals surface area contributed by atoms with Crippen LogP contribution < -0.4 is 5.73 Å². The predicted octanol–water partition coefficient (Wildman–Crippen LogP) is -2.57. The molecule has 2 unspecified atom stereocenters. The molecule has 0 spiro atoms. The highest BCUT2D eigenvalue weighted by molar-refractivity contribution is 4.88. The maximum Gasteiger partial charge on any atom is 0.110 e. The SMILES string of the molecule is NC1COC(CO)[C@H](O)[C@@H]1O. The van der Waals surface area contributed by atoms with Crippen LogP contribution in [-0.2, 0) is 4.74 Å². The van der Waals surface area contributed by atoms with Crippen molar-refractivity contribution < 1.29 is 20.1 Å². The lowest BCUT2D eigenvalue weighted by molar-refractivity contribution is -0.156. The molecule has 0 radical (unpaired) electrons. The number of nitrogens with two attached hydrogens (primary N) is 1. The maximum atomic E-state index is 9.19. The van der Waals surface area contributed by atoms with Crippen LogP contribution in [0.5, 0.6) is 0 Å². The van der Waals surface area contributed by atoms with Crippen molar-refractivity contribution in [3.63, 3.8) is 0 Å². The van der Waals surface area contributed by atoms with E-state index in [1.54, 1.807) is 0 Å². The fourth-order valence-electron chi connectivity index (χ4n) is 1.07. The van der Waals surface area contributed by atoms with Gasteiger partial charge in [-0.25, -0.2) is 0 Å². The molecule has 0 aromatic heterocycles. The molecule has 1 saturated heterocycles. The molecule has 1 aliphatic heterocycles. The van der Waals surface area contributed by atoms with Gasteiger partial charge in [0.05, 0.1) is 25.4 Å². The lowest BCUT2D eigenvalue weighted by Crippen LogP contribution is -2.57. The first-order valence-corrected chi connectivity index (χ1v) is 3.51. The second-order valence-corrected chi connectivity index (χ2v) is 2.70. The first-order valence-electron chi connectivity index (χ1n) is 3.51. The lowest BCUT2D eigenvalue weighted by atomic mass is 9.99. The van der Waals surface area contributed by atoms with Crippen LogP contribution in [0.2, 0.25) is 0 Å². The molecule has 11 heavy (non-hydrogen) atoms. The zero-order valence-electron chi connectivity index (χ0n) is 6.05. The average Bonchev–Trinajstić information content (AvgIpc) is 2.01. The zero-order valence-corrected chi connectivity index (χ0v) is 6.05. The van der Waals surface area contributed by atoms with E-state index in [2.05, 4.69) is 0 Å². The molecule has 0 aromatic rings. The highest BCUT2D eigenvalue weighted by Gasteiger charge is 2.35. The summed E-state index contributed by atoms with van der Waals surface area (Å²) < 4.78 is 4.94. The first kappa shape index (κ1) is 8.89. The molecule has 1 aliphatic rings. The minimum atomic E-state index is -1.08. The Hall–Kier alpha value is -0.200. The van der Waals surface area contributed by atoms with Crippen LogP contribution in [0.3, 0.4) is 0 Å². The van der Waals surface area contributed by atoms with E-state index < -0.39 is 24.4 Å². The Kier molecular flexibility index (Phi) is 2.80. The second kappa shape index (κ2) is 3.46. The summed E-state index contributed by atoms with van der Waals surface area (Å²) in [6, 6.07) is -0.562. The van der Waals surface area contributed by atoms with Crippen LogP contribution in [0.1, 0.15) is 0 Å². The molecular formula is C6H13NO4. The Bertz CT molecular complexity index is 130. The molecule has 0 aromatic carbocycles. The predicted molar refractivity (Wildman–Crippen MR) is 36.8 cm³/mol. The number of rotatable bonds is 1. The quantitative estimate of drug-likeness (QED) is 0.340. The highest BCUT2D eigenvalue weighted by Crippen LogP contribution is 2.13. The number of aliphatic hydroxyl groups is 3. The zero-order chi connectivity index (χ0) is 8.43. The van der Waals surface area contributed by atoms with Gasteiger partial charge >= 0.3 is 0 Å². The van der Waals surface area contributed by atoms with Gasteiger partial charge in [0.15, 0.2) is 0 Å². The molecule has 5 nitrogen and oxygen atoms in total. The van der Waals surface area contributed by atoms with Crippen LogP contribution in [-0.4, -0.2) is 52.9 Å². The van der Waals surface area contributed by atoms with Gasteiger partial charge in [-0.2, -0.15) is 0 Å². The normalized spacial score (nSPS) is 45.8.